The van der Waals surface area contributed by atoms with Crippen molar-refractivity contribution in [1.29, 1.82) is 0 Å². The molecule has 5 aromatic carbocycles. The second-order valence-electron chi connectivity index (χ2n) is 12.5. The number of nitrogens with zero attached hydrogens (tertiary/aromatic N) is 1. The first-order chi connectivity index (χ1) is 18.4. The molecule has 0 radical (unpaired) electrons. The molecule has 0 spiro atoms. The fourth-order valence-corrected chi connectivity index (χ4v) is 8.31. The van der Waals surface area contributed by atoms with Gasteiger partial charge in [0.25, 0.3) is 0 Å². The minimum atomic E-state index is -0.0539. The summed E-state index contributed by atoms with van der Waals surface area (Å²) in [5.74, 6) is 0. The van der Waals surface area contributed by atoms with Crippen molar-refractivity contribution in [3.63, 3.8) is 0 Å². The molecule has 0 saturated heterocycles. The molecule has 0 saturated carbocycles. The van der Waals surface area contributed by atoms with Crippen molar-refractivity contribution in [1.82, 2.24) is 4.57 Å². The van der Waals surface area contributed by atoms with E-state index in [2.05, 4.69) is 129 Å². The Morgan fingerprint density at radius 3 is 1.89 bits per heavy atom. The van der Waals surface area contributed by atoms with Gasteiger partial charge in [0.05, 0.1) is 5.52 Å². The number of hydrogen-bond acceptors (Lipinski definition) is 0. The molecule has 0 amide bonds. The number of fused-ring (bicyclic) bond motifs is 4. The summed E-state index contributed by atoms with van der Waals surface area (Å²) in [6, 6.07) is 36.8. The zero-order valence-corrected chi connectivity index (χ0v) is 22.3. The van der Waals surface area contributed by atoms with Gasteiger partial charge in [-0.1, -0.05) is 118 Å². The van der Waals surface area contributed by atoms with E-state index in [0.29, 0.717) is 0 Å². The number of hydrogen-bond donors (Lipinski definition) is 0. The summed E-state index contributed by atoms with van der Waals surface area (Å²) >= 11 is 0. The summed E-state index contributed by atoms with van der Waals surface area (Å²) in [6.07, 6.45) is 0. The van der Waals surface area contributed by atoms with E-state index in [1.807, 2.05) is 0 Å². The normalized spacial score (nSPS) is 16.8. The smallest absolute Gasteiger partial charge is 0.248 e. The molecule has 3 aliphatic rings. The maximum atomic E-state index is 2.61. The molecule has 0 unspecified atom stereocenters. The molecule has 3 aliphatic heterocycles. The first-order valence-electron chi connectivity index (χ1n) is 13.8. The van der Waals surface area contributed by atoms with Crippen LogP contribution in [0.1, 0.15) is 49.9 Å². The molecule has 2 heteroatoms. The van der Waals surface area contributed by atoms with Gasteiger partial charge in [0.2, 0.25) is 6.71 Å². The second kappa shape index (κ2) is 6.50. The Labute approximate surface area is 223 Å². The second-order valence-corrected chi connectivity index (χ2v) is 12.5. The van der Waals surface area contributed by atoms with E-state index >= 15 is 0 Å². The Balaban J connectivity index is 1.52. The first kappa shape index (κ1) is 21.0. The summed E-state index contributed by atoms with van der Waals surface area (Å²) in [7, 11) is 0. The van der Waals surface area contributed by atoms with Crippen LogP contribution < -0.4 is 16.4 Å². The third-order valence-electron chi connectivity index (χ3n) is 10.1. The van der Waals surface area contributed by atoms with Gasteiger partial charge in [-0.05, 0) is 56.4 Å². The van der Waals surface area contributed by atoms with Crippen molar-refractivity contribution in [2.45, 2.75) is 38.5 Å². The van der Waals surface area contributed by atoms with Gasteiger partial charge in [0.15, 0.2) is 0 Å². The third kappa shape index (κ3) is 2.20. The van der Waals surface area contributed by atoms with E-state index in [-0.39, 0.29) is 17.5 Å². The fraction of sp³-hybridized carbons (Fsp3) is 0.167. The van der Waals surface area contributed by atoms with Gasteiger partial charge in [-0.2, -0.15) is 0 Å². The van der Waals surface area contributed by atoms with E-state index in [0.717, 1.165) is 0 Å². The lowest BCUT2D eigenvalue weighted by Crippen LogP contribution is -2.68. The summed E-state index contributed by atoms with van der Waals surface area (Å²) in [5, 5.41) is 2.71. The predicted octanol–water partition coefficient (Wildman–Crippen LogP) is 6.56. The summed E-state index contributed by atoms with van der Waals surface area (Å²) in [4.78, 5) is 0. The Hall–Kier alpha value is -4.04. The molecule has 0 N–H and O–H groups in total. The van der Waals surface area contributed by atoms with Crippen LogP contribution in [0.2, 0.25) is 0 Å². The molecule has 0 bridgehead atoms. The number of aromatic nitrogens is 1. The van der Waals surface area contributed by atoms with Crippen LogP contribution in [0.15, 0.2) is 97.1 Å². The molecular formula is C36H28BN. The van der Waals surface area contributed by atoms with Gasteiger partial charge in [-0.15, -0.1) is 0 Å². The van der Waals surface area contributed by atoms with E-state index < -0.39 is 0 Å². The lowest BCUT2D eigenvalue weighted by molar-refractivity contribution is 0.621. The molecule has 180 valence electrons. The highest BCUT2D eigenvalue weighted by atomic mass is 15.0. The van der Waals surface area contributed by atoms with Crippen LogP contribution in [0.25, 0.3) is 38.6 Å². The topological polar surface area (TPSA) is 4.93 Å². The van der Waals surface area contributed by atoms with E-state index in [9.17, 15) is 0 Å². The molecule has 6 aromatic rings. The van der Waals surface area contributed by atoms with Crippen LogP contribution in [-0.2, 0) is 10.8 Å². The van der Waals surface area contributed by atoms with Gasteiger partial charge in [-0.25, -0.2) is 0 Å². The van der Waals surface area contributed by atoms with Gasteiger partial charge >= 0.3 is 0 Å². The molecule has 4 heterocycles. The predicted molar refractivity (Wildman–Crippen MR) is 162 cm³/mol. The minimum absolute atomic E-state index is 0.0513. The molecular weight excluding hydrogens is 457 g/mol. The third-order valence-corrected chi connectivity index (χ3v) is 10.1. The van der Waals surface area contributed by atoms with Gasteiger partial charge < -0.3 is 4.57 Å². The van der Waals surface area contributed by atoms with Gasteiger partial charge in [-0.3, -0.25) is 0 Å². The fourth-order valence-electron chi connectivity index (χ4n) is 8.31. The average Bonchev–Trinajstić information content (AvgIpc) is 3.27. The van der Waals surface area contributed by atoms with Crippen LogP contribution in [0.4, 0.5) is 0 Å². The van der Waals surface area contributed by atoms with Gasteiger partial charge in [0, 0.05) is 32.8 Å². The highest BCUT2D eigenvalue weighted by molar-refractivity contribution is 7.00. The van der Waals surface area contributed by atoms with Crippen molar-refractivity contribution in [2.75, 3.05) is 0 Å². The zero-order chi connectivity index (χ0) is 25.6. The van der Waals surface area contributed by atoms with Crippen LogP contribution in [-0.4, -0.2) is 11.3 Å². The molecule has 9 rings (SSSR count). The van der Waals surface area contributed by atoms with Crippen LogP contribution >= 0.6 is 0 Å². The van der Waals surface area contributed by atoms with Crippen molar-refractivity contribution >= 4 is 44.9 Å². The van der Waals surface area contributed by atoms with Crippen molar-refractivity contribution in [2.24, 2.45) is 0 Å². The molecule has 1 nitrogen and oxygen atoms in total. The lowest BCUT2D eigenvalue weighted by atomic mass is 9.26. The van der Waals surface area contributed by atoms with E-state index in [1.54, 1.807) is 5.46 Å². The standard InChI is InChI=1S/C36H28BN/c1-35(2)25-12-8-13-26-31(25)37-32-27(35)14-9-15-29(32)38-30-20-22(21-10-6-5-7-11-21)16-17-23(30)24-18-19-28(36(26,3)4)33(37)34(24)38/h5-20H,1-4H3. The van der Waals surface area contributed by atoms with Crippen molar-refractivity contribution in [3.8, 4) is 16.8 Å². The number of rotatable bonds is 1. The highest BCUT2D eigenvalue weighted by Crippen LogP contribution is 2.46. The highest BCUT2D eigenvalue weighted by Gasteiger charge is 2.51. The Bertz CT molecular complexity index is 2010. The molecule has 1 aromatic heterocycles. The Morgan fingerprint density at radius 2 is 1.16 bits per heavy atom. The maximum Gasteiger partial charge on any atom is 0.248 e. The minimum Gasteiger partial charge on any atom is -0.310 e. The Kier molecular flexibility index (Phi) is 3.59. The molecule has 0 aliphatic carbocycles. The number of benzene rings is 5. The van der Waals surface area contributed by atoms with Crippen LogP contribution in [0.5, 0.6) is 0 Å². The molecule has 38 heavy (non-hydrogen) atoms. The quantitative estimate of drug-likeness (QED) is 0.232. The summed E-state index contributed by atoms with van der Waals surface area (Å²) in [6.45, 7) is 10.0. The summed E-state index contributed by atoms with van der Waals surface area (Å²) in [5.41, 5.74) is 17.0. The molecule has 0 atom stereocenters. The van der Waals surface area contributed by atoms with E-state index in [4.69, 9.17) is 0 Å². The summed E-state index contributed by atoms with van der Waals surface area (Å²) < 4.78 is 2.61. The zero-order valence-electron chi connectivity index (χ0n) is 22.3. The lowest BCUT2D eigenvalue weighted by Gasteiger charge is -2.48. The SMILES string of the molecule is CC1(C)c2cccc3c2B2c4c1cccc4C(C)(C)c1ccc4c5ccc(-c6ccccc6)cc5n-3c4c12. The maximum absolute atomic E-state index is 2.61. The largest absolute Gasteiger partial charge is 0.310 e. The molecule has 0 fully saturated rings. The average molecular weight is 485 g/mol. The van der Waals surface area contributed by atoms with E-state index in [1.165, 1.54) is 71.8 Å². The van der Waals surface area contributed by atoms with Crippen molar-refractivity contribution < 1.29 is 0 Å². The monoisotopic (exact) mass is 485 g/mol. The van der Waals surface area contributed by atoms with Crippen LogP contribution in [0.3, 0.4) is 0 Å². The first-order valence-corrected chi connectivity index (χ1v) is 13.8. The van der Waals surface area contributed by atoms with Gasteiger partial charge in [0.1, 0.15) is 0 Å². The van der Waals surface area contributed by atoms with Crippen LogP contribution in [0, 0.1) is 0 Å². The Morgan fingerprint density at radius 1 is 0.526 bits per heavy atom. The van der Waals surface area contributed by atoms with Crippen molar-refractivity contribution in [3.05, 3.63) is 119 Å².